The molecule has 0 spiro atoms. The lowest BCUT2D eigenvalue weighted by molar-refractivity contribution is 0.177. The average Bonchev–Trinajstić information content (AvgIpc) is 2.80. The van der Waals surface area contributed by atoms with E-state index in [-0.39, 0.29) is 0 Å². The largest absolute Gasteiger partial charge is 0.314 e. The van der Waals surface area contributed by atoms with Crippen molar-refractivity contribution in [3.63, 3.8) is 0 Å². The molecule has 1 unspecified atom stereocenters. The van der Waals surface area contributed by atoms with Crippen molar-refractivity contribution < 1.29 is 0 Å². The van der Waals surface area contributed by atoms with Gasteiger partial charge in [0.05, 0.1) is 0 Å². The summed E-state index contributed by atoms with van der Waals surface area (Å²) in [5, 5.41) is 3.63. The lowest BCUT2D eigenvalue weighted by Crippen LogP contribution is -2.40. The van der Waals surface area contributed by atoms with Crippen LogP contribution in [0.3, 0.4) is 0 Å². The first-order valence-electron chi connectivity index (χ1n) is 6.11. The van der Waals surface area contributed by atoms with Crippen LogP contribution in [-0.4, -0.2) is 37.1 Å². The monoisotopic (exact) mass is 228 g/mol. The highest BCUT2D eigenvalue weighted by atomic mass is 35.5. The first kappa shape index (κ1) is 11.4. The molecule has 2 saturated heterocycles. The minimum absolute atomic E-state index is 0.815. The maximum atomic E-state index is 5.54. The van der Waals surface area contributed by atoms with Gasteiger partial charge in [0.25, 0.3) is 0 Å². The summed E-state index contributed by atoms with van der Waals surface area (Å²) in [6.45, 7) is 4.74. The van der Waals surface area contributed by atoms with Crippen LogP contribution in [0.2, 0.25) is 0 Å². The number of nitrogens with zero attached hydrogens (tertiary/aromatic N) is 1. The molecule has 1 atom stereocenters. The topological polar surface area (TPSA) is 15.3 Å². The second-order valence-electron chi connectivity index (χ2n) is 4.70. The third-order valence-electron chi connectivity index (χ3n) is 3.75. The van der Waals surface area contributed by atoms with Crippen molar-refractivity contribution in [2.24, 2.45) is 5.92 Å². The second kappa shape index (κ2) is 5.88. The van der Waals surface area contributed by atoms with Crippen LogP contribution < -0.4 is 5.32 Å². The molecule has 2 aliphatic rings. The molecule has 0 aromatic carbocycles. The molecule has 15 heavy (non-hydrogen) atoms. The quantitative estimate of drug-likeness (QED) is 0.797. The molecule has 2 nitrogen and oxygen atoms in total. The smallest absolute Gasteiger partial charge is 0.0174 e. The zero-order valence-electron chi connectivity index (χ0n) is 9.29. The van der Waals surface area contributed by atoms with Gasteiger partial charge in [-0.15, -0.1) is 0 Å². The lowest BCUT2D eigenvalue weighted by atomic mass is 9.88. The number of hydrogen-bond donors (Lipinski definition) is 1. The van der Waals surface area contributed by atoms with Gasteiger partial charge in [0, 0.05) is 18.1 Å². The van der Waals surface area contributed by atoms with Gasteiger partial charge in [-0.3, -0.25) is 4.90 Å². The van der Waals surface area contributed by atoms with E-state index in [1.807, 2.05) is 6.08 Å². The molecular formula is C12H21ClN2. The fourth-order valence-corrected chi connectivity index (χ4v) is 2.92. The highest BCUT2D eigenvalue weighted by Gasteiger charge is 2.27. The Balaban J connectivity index is 1.71. The van der Waals surface area contributed by atoms with E-state index in [1.165, 1.54) is 45.3 Å². The molecule has 0 aliphatic carbocycles. The first-order valence-corrected chi connectivity index (χ1v) is 6.55. The van der Waals surface area contributed by atoms with Crippen LogP contribution in [0.4, 0.5) is 0 Å². The SMILES string of the molecule is ClC=CCN1CCC(C2CCCN2)CC1. The number of piperidine rings is 1. The van der Waals surface area contributed by atoms with Crippen molar-refractivity contribution in [3.05, 3.63) is 11.6 Å². The van der Waals surface area contributed by atoms with Crippen LogP contribution in [0.25, 0.3) is 0 Å². The molecule has 0 amide bonds. The number of hydrogen-bond acceptors (Lipinski definition) is 2. The van der Waals surface area contributed by atoms with Gasteiger partial charge in [0.2, 0.25) is 0 Å². The second-order valence-corrected chi connectivity index (χ2v) is 4.95. The van der Waals surface area contributed by atoms with Crippen molar-refractivity contribution in [2.45, 2.75) is 31.7 Å². The van der Waals surface area contributed by atoms with Crippen LogP contribution in [0.5, 0.6) is 0 Å². The van der Waals surface area contributed by atoms with E-state index in [0.29, 0.717) is 0 Å². The summed E-state index contributed by atoms with van der Waals surface area (Å²) in [5.74, 6) is 0.920. The van der Waals surface area contributed by atoms with Gasteiger partial charge in [0.15, 0.2) is 0 Å². The van der Waals surface area contributed by atoms with E-state index in [4.69, 9.17) is 11.6 Å². The predicted molar refractivity (Wildman–Crippen MR) is 65.2 cm³/mol. The van der Waals surface area contributed by atoms with Gasteiger partial charge < -0.3 is 5.32 Å². The van der Waals surface area contributed by atoms with Gasteiger partial charge in [-0.25, -0.2) is 0 Å². The minimum atomic E-state index is 0.815. The van der Waals surface area contributed by atoms with Crippen LogP contribution in [0.1, 0.15) is 25.7 Å². The normalized spacial score (nSPS) is 30.3. The van der Waals surface area contributed by atoms with Gasteiger partial charge in [-0.1, -0.05) is 17.7 Å². The maximum absolute atomic E-state index is 5.54. The Labute approximate surface area is 97.7 Å². The minimum Gasteiger partial charge on any atom is -0.314 e. The zero-order chi connectivity index (χ0) is 10.5. The summed E-state index contributed by atoms with van der Waals surface area (Å²) in [6.07, 6.45) is 7.52. The number of rotatable bonds is 3. The standard InChI is InChI=1S/C12H21ClN2/c13-6-2-8-15-9-4-11(5-10-15)12-3-1-7-14-12/h2,6,11-12,14H,1,3-5,7-10H2. The molecule has 0 bridgehead atoms. The number of nitrogens with one attached hydrogen (secondary N) is 1. The third kappa shape index (κ3) is 3.20. The molecule has 0 aromatic heterocycles. The number of halogens is 1. The highest BCUT2D eigenvalue weighted by molar-refractivity contribution is 6.25. The van der Waals surface area contributed by atoms with Crippen molar-refractivity contribution in [3.8, 4) is 0 Å². The molecular weight excluding hydrogens is 208 g/mol. The van der Waals surface area contributed by atoms with Crippen molar-refractivity contribution in [1.29, 1.82) is 0 Å². The molecule has 0 saturated carbocycles. The molecule has 0 radical (unpaired) electrons. The first-order chi connectivity index (χ1) is 7.40. The fourth-order valence-electron chi connectivity index (χ4n) is 2.84. The van der Waals surface area contributed by atoms with E-state index in [2.05, 4.69) is 10.2 Å². The van der Waals surface area contributed by atoms with Crippen molar-refractivity contribution in [2.75, 3.05) is 26.2 Å². The summed E-state index contributed by atoms with van der Waals surface area (Å²) in [4.78, 5) is 2.49. The predicted octanol–water partition coefficient (Wildman–Crippen LogP) is 2.20. The number of likely N-dealkylation sites (tertiary alicyclic amines) is 1. The van der Waals surface area contributed by atoms with Gasteiger partial charge in [-0.2, -0.15) is 0 Å². The Morgan fingerprint density at radius 2 is 2.07 bits per heavy atom. The van der Waals surface area contributed by atoms with E-state index in [0.717, 1.165) is 18.5 Å². The molecule has 2 rings (SSSR count). The van der Waals surface area contributed by atoms with Crippen molar-refractivity contribution in [1.82, 2.24) is 10.2 Å². The zero-order valence-corrected chi connectivity index (χ0v) is 10.0. The van der Waals surface area contributed by atoms with E-state index < -0.39 is 0 Å². The van der Waals surface area contributed by atoms with E-state index >= 15 is 0 Å². The molecule has 2 aliphatic heterocycles. The Morgan fingerprint density at radius 1 is 1.27 bits per heavy atom. The van der Waals surface area contributed by atoms with Gasteiger partial charge >= 0.3 is 0 Å². The highest BCUT2D eigenvalue weighted by Crippen LogP contribution is 2.25. The van der Waals surface area contributed by atoms with Crippen LogP contribution in [0, 0.1) is 5.92 Å². The summed E-state index contributed by atoms with van der Waals surface area (Å²) < 4.78 is 0. The summed E-state index contributed by atoms with van der Waals surface area (Å²) >= 11 is 5.54. The Morgan fingerprint density at radius 3 is 2.67 bits per heavy atom. The average molecular weight is 229 g/mol. The Bertz CT molecular complexity index is 204. The molecule has 2 fully saturated rings. The fraction of sp³-hybridized carbons (Fsp3) is 0.833. The summed E-state index contributed by atoms with van der Waals surface area (Å²) in [5.41, 5.74) is 1.63. The summed E-state index contributed by atoms with van der Waals surface area (Å²) in [7, 11) is 0. The van der Waals surface area contributed by atoms with Crippen LogP contribution in [0.15, 0.2) is 11.6 Å². The van der Waals surface area contributed by atoms with Gasteiger partial charge in [-0.05, 0) is 51.2 Å². The van der Waals surface area contributed by atoms with Crippen molar-refractivity contribution >= 4 is 11.6 Å². The molecule has 0 aromatic rings. The van der Waals surface area contributed by atoms with E-state index in [1.54, 1.807) is 5.54 Å². The Hall–Kier alpha value is -0.0500. The van der Waals surface area contributed by atoms with E-state index in [9.17, 15) is 0 Å². The molecule has 2 heterocycles. The summed E-state index contributed by atoms with van der Waals surface area (Å²) in [6, 6.07) is 0.815. The third-order valence-corrected chi connectivity index (χ3v) is 3.93. The maximum Gasteiger partial charge on any atom is 0.0174 e. The lowest BCUT2D eigenvalue weighted by Gasteiger charge is -2.34. The Kier molecular flexibility index (Phi) is 4.48. The van der Waals surface area contributed by atoms with Crippen LogP contribution >= 0.6 is 11.6 Å². The molecule has 86 valence electrons. The molecule has 3 heteroatoms. The van der Waals surface area contributed by atoms with Crippen LogP contribution in [-0.2, 0) is 0 Å². The van der Waals surface area contributed by atoms with Gasteiger partial charge in [0.1, 0.15) is 0 Å². The molecule has 1 N–H and O–H groups in total.